The molecule has 0 aliphatic heterocycles. The number of carbonyl (C=O) groups excluding carboxylic acids is 3. The number of carbonyl (C=O) groups is 3. The van der Waals surface area contributed by atoms with E-state index in [1.165, 1.54) is 25.3 Å². The monoisotopic (exact) mass is 368 g/mol. The van der Waals surface area contributed by atoms with Crippen LogP contribution in [0, 0.1) is 11.3 Å². The summed E-state index contributed by atoms with van der Waals surface area (Å²) in [6, 6.07) is 11.5. The van der Waals surface area contributed by atoms with Crippen molar-refractivity contribution in [2.75, 3.05) is 17.2 Å². The van der Waals surface area contributed by atoms with Gasteiger partial charge in [-0.3, -0.25) is 9.59 Å². The van der Waals surface area contributed by atoms with Crippen LogP contribution in [0.3, 0.4) is 0 Å². The minimum atomic E-state index is -1.32. The van der Waals surface area contributed by atoms with E-state index in [-0.39, 0.29) is 23.7 Å². The number of hydrogen-bond donors (Lipinski definition) is 3. The first-order valence-electron chi connectivity index (χ1n) is 8.27. The highest BCUT2D eigenvalue weighted by molar-refractivity contribution is 6.24. The van der Waals surface area contributed by atoms with Gasteiger partial charge < -0.3 is 20.8 Å². The quantitative estimate of drug-likeness (QED) is 0.394. The number of anilines is 2. The maximum absolute atomic E-state index is 12.5. The van der Waals surface area contributed by atoms with Gasteiger partial charge in [0.15, 0.2) is 5.92 Å². The first kappa shape index (κ1) is 19.8. The minimum absolute atomic E-state index is 0.0338. The summed E-state index contributed by atoms with van der Waals surface area (Å²) in [5.74, 6) is -3.23. The van der Waals surface area contributed by atoms with Crippen molar-refractivity contribution >= 4 is 34.9 Å². The summed E-state index contributed by atoms with van der Waals surface area (Å²) in [5, 5.41) is 12.9. The first-order valence-corrected chi connectivity index (χ1v) is 8.27. The second kappa shape index (κ2) is 9.23. The SMILES string of the molecule is CCOC(=O)c1cc(NC(=O)C(C(C)=N)C(=O)Nc2ccccc2)ccn1. The topological polar surface area (TPSA) is 121 Å². The number of pyridine rings is 1. The standard InChI is InChI=1S/C19H20N4O4/c1-3-27-19(26)15-11-14(9-10-21-15)23-18(25)16(12(2)20)17(24)22-13-7-5-4-6-8-13/h4-11,16,20H,3H2,1-2H3,(H,22,24)(H,21,23,25). The third kappa shape index (κ3) is 5.46. The molecular formula is C19H20N4O4. The molecule has 1 unspecified atom stereocenters. The Morgan fingerprint density at radius 3 is 2.30 bits per heavy atom. The van der Waals surface area contributed by atoms with Gasteiger partial charge in [-0.2, -0.15) is 0 Å². The van der Waals surface area contributed by atoms with Crippen molar-refractivity contribution < 1.29 is 19.1 Å². The van der Waals surface area contributed by atoms with Gasteiger partial charge in [0.05, 0.1) is 6.61 Å². The van der Waals surface area contributed by atoms with E-state index in [2.05, 4.69) is 15.6 Å². The van der Waals surface area contributed by atoms with E-state index in [9.17, 15) is 14.4 Å². The van der Waals surface area contributed by atoms with E-state index >= 15 is 0 Å². The molecule has 0 saturated carbocycles. The molecule has 0 aliphatic carbocycles. The summed E-state index contributed by atoms with van der Waals surface area (Å²) < 4.78 is 4.87. The van der Waals surface area contributed by atoms with Crippen molar-refractivity contribution in [3.63, 3.8) is 0 Å². The van der Waals surface area contributed by atoms with Crippen molar-refractivity contribution in [3.05, 3.63) is 54.4 Å². The van der Waals surface area contributed by atoms with E-state index in [0.29, 0.717) is 5.69 Å². The number of benzene rings is 1. The molecule has 3 N–H and O–H groups in total. The largest absolute Gasteiger partial charge is 0.461 e. The van der Waals surface area contributed by atoms with E-state index in [1.54, 1.807) is 37.3 Å². The minimum Gasteiger partial charge on any atom is -0.461 e. The molecule has 0 radical (unpaired) electrons. The van der Waals surface area contributed by atoms with Crippen LogP contribution in [0.1, 0.15) is 24.3 Å². The molecule has 8 heteroatoms. The van der Waals surface area contributed by atoms with E-state index in [4.69, 9.17) is 10.1 Å². The molecule has 140 valence electrons. The Balaban J connectivity index is 2.13. The number of ether oxygens (including phenoxy) is 1. The van der Waals surface area contributed by atoms with Gasteiger partial charge >= 0.3 is 5.97 Å². The van der Waals surface area contributed by atoms with Crippen molar-refractivity contribution in [1.29, 1.82) is 5.41 Å². The van der Waals surface area contributed by atoms with Crippen LogP contribution in [0.15, 0.2) is 48.7 Å². The maximum Gasteiger partial charge on any atom is 0.356 e. The van der Waals surface area contributed by atoms with Crippen LogP contribution in [0.5, 0.6) is 0 Å². The molecule has 1 heterocycles. The van der Waals surface area contributed by atoms with Gasteiger partial charge in [-0.15, -0.1) is 0 Å². The molecule has 0 aliphatic rings. The fraction of sp³-hybridized carbons (Fsp3) is 0.211. The molecule has 27 heavy (non-hydrogen) atoms. The summed E-state index contributed by atoms with van der Waals surface area (Å²) in [6.45, 7) is 3.25. The van der Waals surface area contributed by atoms with Crippen LogP contribution in [0.25, 0.3) is 0 Å². The molecule has 1 atom stereocenters. The lowest BCUT2D eigenvalue weighted by Crippen LogP contribution is -2.38. The van der Waals surface area contributed by atoms with Crippen molar-refractivity contribution in [3.8, 4) is 0 Å². The summed E-state index contributed by atoms with van der Waals surface area (Å²) in [4.78, 5) is 40.6. The molecule has 0 fully saturated rings. The Bertz CT molecular complexity index is 852. The van der Waals surface area contributed by atoms with E-state index < -0.39 is 23.7 Å². The Kier molecular flexibility index (Phi) is 6.76. The van der Waals surface area contributed by atoms with Crippen LogP contribution in [0.2, 0.25) is 0 Å². The highest BCUT2D eigenvalue weighted by atomic mass is 16.5. The molecule has 2 amide bonds. The summed E-state index contributed by atoms with van der Waals surface area (Å²) in [5.41, 5.74) is 0.721. The molecule has 1 aromatic carbocycles. The van der Waals surface area contributed by atoms with E-state index in [1.807, 2.05) is 0 Å². The Labute approximate surface area is 156 Å². The Morgan fingerprint density at radius 2 is 1.70 bits per heavy atom. The fourth-order valence-corrected chi connectivity index (χ4v) is 2.29. The Morgan fingerprint density at radius 1 is 1.07 bits per heavy atom. The van der Waals surface area contributed by atoms with Gasteiger partial charge in [-0.1, -0.05) is 18.2 Å². The first-order chi connectivity index (χ1) is 12.9. The zero-order valence-electron chi connectivity index (χ0n) is 15.0. The number of esters is 1. The highest BCUT2D eigenvalue weighted by Crippen LogP contribution is 2.14. The van der Waals surface area contributed by atoms with Crippen molar-refractivity contribution in [2.45, 2.75) is 13.8 Å². The predicted molar refractivity (Wildman–Crippen MR) is 101 cm³/mol. The van der Waals surface area contributed by atoms with Crippen LogP contribution >= 0.6 is 0 Å². The molecule has 2 rings (SSSR count). The van der Waals surface area contributed by atoms with Gasteiger partial charge in [0.2, 0.25) is 11.8 Å². The number of rotatable bonds is 7. The number of amides is 2. The predicted octanol–water partition coefficient (Wildman–Crippen LogP) is 2.49. The van der Waals surface area contributed by atoms with Crippen LogP contribution < -0.4 is 10.6 Å². The third-order valence-corrected chi connectivity index (χ3v) is 3.51. The number of para-hydroxylation sites is 1. The average molecular weight is 368 g/mol. The number of aromatic nitrogens is 1. The van der Waals surface area contributed by atoms with Crippen molar-refractivity contribution in [1.82, 2.24) is 4.98 Å². The molecule has 1 aromatic heterocycles. The average Bonchev–Trinajstić information content (AvgIpc) is 2.62. The summed E-state index contributed by atoms with van der Waals surface area (Å²) in [6.07, 6.45) is 1.35. The summed E-state index contributed by atoms with van der Waals surface area (Å²) in [7, 11) is 0. The smallest absolute Gasteiger partial charge is 0.356 e. The van der Waals surface area contributed by atoms with Gasteiger partial charge in [0, 0.05) is 23.3 Å². The third-order valence-electron chi connectivity index (χ3n) is 3.51. The highest BCUT2D eigenvalue weighted by Gasteiger charge is 2.29. The van der Waals surface area contributed by atoms with Crippen LogP contribution in [0.4, 0.5) is 11.4 Å². The van der Waals surface area contributed by atoms with Crippen molar-refractivity contribution in [2.24, 2.45) is 5.92 Å². The van der Waals surface area contributed by atoms with E-state index in [0.717, 1.165) is 0 Å². The summed E-state index contributed by atoms with van der Waals surface area (Å²) >= 11 is 0. The van der Waals surface area contributed by atoms with Gasteiger partial charge in [0.1, 0.15) is 5.69 Å². The molecule has 8 nitrogen and oxygen atoms in total. The normalized spacial score (nSPS) is 11.2. The fourth-order valence-electron chi connectivity index (χ4n) is 2.29. The lowest BCUT2D eigenvalue weighted by atomic mass is 10.0. The molecule has 0 spiro atoms. The maximum atomic E-state index is 12.5. The molecule has 2 aromatic rings. The van der Waals surface area contributed by atoms with Crippen LogP contribution in [-0.4, -0.2) is 35.1 Å². The Hall–Kier alpha value is -3.55. The zero-order chi connectivity index (χ0) is 19.8. The van der Waals surface area contributed by atoms with Gasteiger partial charge in [-0.05, 0) is 38.1 Å². The molecule has 0 bridgehead atoms. The van der Waals surface area contributed by atoms with Crippen LogP contribution in [-0.2, 0) is 14.3 Å². The second-order valence-electron chi connectivity index (χ2n) is 5.61. The number of nitrogens with zero attached hydrogens (tertiary/aromatic N) is 1. The van der Waals surface area contributed by atoms with Gasteiger partial charge in [-0.25, -0.2) is 9.78 Å². The van der Waals surface area contributed by atoms with Gasteiger partial charge in [0.25, 0.3) is 0 Å². The lowest BCUT2D eigenvalue weighted by molar-refractivity contribution is -0.126. The second-order valence-corrected chi connectivity index (χ2v) is 5.61. The number of hydrogen-bond acceptors (Lipinski definition) is 6. The molecule has 0 saturated heterocycles. The zero-order valence-corrected chi connectivity index (χ0v) is 15.0. The number of nitrogens with one attached hydrogen (secondary N) is 3. The molecular weight excluding hydrogens is 348 g/mol. The lowest BCUT2D eigenvalue weighted by Gasteiger charge is -2.16.